The molecule has 0 aliphatic rings. The number of aliphatic carboxylic acids is 1. The van der Waals surface area contributed by atoms with Crippen molar-refractivity contribution in [3.05, 3.63) is 60.2 Å². The number of hydrogen-bond donors (Lipinski definition) is 2. The molecule has 0 aliphatic carbocycles. The standard InChI is InChI=1S/C17H18N2O3/c1-12-7-6-8-14(11-12)18-17(22)19(13(2)16(20)21)15-9-4-3-5-10-15/h3-11,13H,1-2H3,(H,18,22)(H,20,21)/t13-/m0/s1. The molecule has 5 heteroatoms. The summed E-state index contributed by atoms with van der Waals surface area (Å²) in [4.78, 5) is 25.1. The first-order valence-corrected chi connectivity index (χ1v) is 6.94. The number of carboxylic acid groups (broad SMARTS) is 1. The van der Waals surface area contributed by atoms with Gasteiger partial charge in [0.15, 0.2) is 0 Å². The van der Waals surface area contributed by atoms with E-state index >= 15 is 0 Å². The lowest BCUT2D eigenvalue weighted by atomic mass is 10.2. The number of benzene rings is 2. The summed E-state index contributed by atoms with van der Waals surface area (Å²) in [5.41, 5.74) is 2.17. The molecule has 0 fully saturated rings. The minimum atomic E-state index is -1.07. The minimum absolute atomic E-state index is 0.480. The van der Waals surface area contributed by atoms with E-state index in [0.717, 1.165) is 5.56 Å². The van der Waals surface area contributed by atoms with E-state index in [9.17, 15) is 14.7 Å². The highest BCUT2D eigenvalue weighted by Crippen LogP contribution is 2.19. The normalized spacial score (nSPS) is 11.5. The molecular weight excluding hydrogens is 280 g/mol. The van der Waals surface area contributed by atoms with Crippen molar-refractivity contribution in [1.29, 1.82) is 0 Å². The van der Waals surface area contributed by atoms with Gasteiger partial charge in [-0.2, -0.15) is 0 Å². The molecule has 2 aromatic rings. The lowest BCUT2D eigenvalue weighted by Gasteiger charge is -2.26. The molecule has 0 bridgehead atoms. The van der Waals surface area contributed by atoms with Crippen LogP contribution in [0.15, 0.2) is 54.6 Å². The van der Waals surface area contributed by atoms with Gasteiger partial charge in [-0.1, -0.05) is 30.3 Å². The Morgan fingerprint density at radius 3 is 2.36 bits per heavy atom. The van der Waals surface area contributed by atoms with Gasteiger partial charge in [-0.25, -0.2) is 9.59 Å². The van der Waals surface area contributed by atoms with Gasteiger partial charge in [0.1, 0.15) is 6.04 Å². The van der Waals surface area contributed by atoms with Crippen LogP contribution in [0.3, 0.4) is 0 Å². The van der Waals surface area contributed by atoms with E-state index in [4.69, 9.17) is 0 Å². The van der Waals surface area contributed by atoms with Crippen molar-refractivity contribution in [2.24, 2.45) is 0 Å². The second-order valence-electron chi connectivity index (χ2n) is 5.02. The Labute approximate surface area is 129 Å². The number of para-hydroxylation sites is 1. The van der Waals surface area contributed by atoms with Gasteiger partial charge in [0.05, 0.1) is 0 Å². The van der Waals surface area contributed by atoms with Gasteiger partial charge in [-0.05, 0) is 43.7 Å². The number of aryl methyl sites for hydroxylation is 1. The number of urea groups is 1. The largest absolute Gasteiger partial charge is 0.480 e. The third-order valence-corrected chi connectivity index (χ3v) is 3.27. The summed E-state index contributed by atoms with van der Waals surface area (Å²) in [6, 6.07) is 14.6. The Bertz CT molecular complexity index is 671. The second kappa shape index (κ2) is 6.76. The fourth-order valence-electron chi connectivity index (χ4n) is 2.12. The minimum Gasteiger partial charge on any atom is -0.480 e. The molecule has 2 rings (SSSR count). The van der Waals surface area contributed by atoms with Crippen LogP contribution >= 0.6 is 0 Å². The fourth-order valence-corrected chi connectivity index (χ4v) is 2.12. The van der Waals surface area contributed by atoms with Crippen LogP contribution in [0, 0.1) is 6.92 Å². The highest BCUT2D eigenvalue weighted by molar-refractivity contribution is 6.05. The van der Waals surface area contributed by atoms with Gasteiger partial charge in [0.2, 0.25) is 0 Å². The lowest BCUT2D eigenvalue weighted by molar-refractivity contribution is -0.138. The molecule has 0 aromatic heterocycles. The summed E-state index contributed by atoms with van der Waals surface area (Å²) >= 11 is 0. The topological polar surface area (TPSA) is 69.6 Å². The number of carbonyl (C=O) groups excluding carboxylic acids is 1. The average Bonchev–Trinajstić information content (AvgIpc) is 2.48. The van der Waals surface area contributed by atoms with E-state index in [1.807, 2.05) is 31.2 Å². The predicted molar refractivity (Wildman–Crippen MR) is 86.2 cm³/mol. The molecule has 114 valence electrons. The Kier molecular flexibility index (Phi) is 4.78. The Morgan fingerprint density at radius 2 is 1.77 bits per heavy atom. The number of carboxylic acids is 1. The Hall–Kier alpha value is -2.82. The van der Waals surface area contributed by atoms with Gasteiger partial charge in [0, 0.05) is 11.4 Å². The first kappa shape index (κ1) is 15.6. The number of rotatable bonds is 4. The van der Waals surface area contributed by atoms with Crippen LogP contribution in [0.2, 0.25) is 0 Å². The second-order valence-corrected chi connectivity index (χ2v) is 5.02. The van der Waals surface area contributed by atoms with Crippen molar-refractivity contribution < 1.29 is 14.7 Å². The summed E-state index contributed by atoms with van der Waals surface area (Å²) in [6.45, 7) is 3.40. The van der Waals surface area contributed by atoms with Crippen LogP contribution in [0.25, 0.3) is 0 Å². The van der Waals surface area contributed by atoms with Crippen LogP contribution in [-0.2, 0) is 4.79 Å². The quantitative estimate of drug-likeness (QED) is 0.907. The highest BCUT2D eigenvalue weighted by atomic mass is 16.4. The molecule has 0 unspecified atom stereocenters. The van der Waals surface area contributed by atoms with Gasteiger partial charge in [-0.15, -0.1) is 0 Å². The van der Waals surface area contributed by atoms with Gasteiger partial charge >= 0.3 is 12.0 Å². The van der Waals surface area contributed by atoms with E-state index in [2.05, 4.69) is 5.32 Å². The number of nitrogens with zero attached hydrogens (tertiary/aromatic N) is 1. The van der Waals surface area contributed by atoms with E-state index in [1.165, 1.54) is 11.8 Å². The van der Waals surface area contributed by atoms with E-state index < -0.39 is 18.0 Å². The molecule has 0 radical (unpaired) electrons. The van der Waals surface area contributed by atoms with E-state index in [1.54, 1.807) is 30.3 Å². The highest BCUT2D eigenvalue weighted by Gasteiger charge is 2.27. The van der Waals surface area contributed by atoms with Crippen molar-refractivity contribution in [2.45, 2.75) is 19.9 Å². The average molecular weight is 298 g/mol. The molecule has 22 heavy (non-hydrogen) atoms. The van der Waals surface area contributed by atoms with Crippen molar-refractivity contribution in [2.75, 3.05) is 10.2 Å². The zero-order valence-electron chi connectivity index (χ0n) is 12.5. The third-order valence-electron chi connectivity index (χ3n) is 3.27. The van der Waals surface area contributed by atoms with Crippen LogP contribution in [-0.4, -0.2) is 23.1 Å². The smallest absolute Gasteiger partial charge is 0.327 e. The summed E-state index contributed by atoms with van der Waals surface area (Å²) in [7, 11) is 0. The summed E-state index contributed by atoms with van der Waals surface area (Å²) in [5.74, 6) is -1.07. The maximum atomic E-state index is 12.5. The van der Waals surface area contributed by atoms with Gasteiger partial charge < -0.3 is 10.4 Å². The summed E-state index contributed by atoms with van der Waals surface area (Å²) in [5, 5.41) is 12.0. The van der Waals surface area contributed by atoms with E-state index in [-0.39, 0.29) is 0 Å². The maximum absolute atomic E-state index is 12.5. The molecule has 0 heterocycles. The van der Waals surface area contributed by atoms with Crippen molar-refractivity contribution >= 4 is 23.4 Å². The van der Waals surface area contributed by atoms with Crippen molar-refractivity contribution in [3.8, 4) is 0 Å². The SMILES string of the molecule is Cc1cccc(NC(=O)N(c2ccccc2)[C@@H](C)C(=O)O)c1. The number of nitrogens with one attached hydrogen (secondary N) is 1. The summed E-state index contributed by atoms with van der Waals surface area (Å²) in [6.07, 6.45) is 0. The predicted octanol–water partition coefficient (Wildman–Crippen LogP) is 3.51. The monoisotopic (exact) mass is 298 g/mol. The van der Waals surface area contributed by atoms with Crippen LogP contribution in [0.4, 0.5) is 16.2 Å². The van der Waals surface area contributed by atoms with Gasteiger partial charge in [-0.3, -0.25) is 4.90 Å². The molecule has 0 saturated carbocycles. The number of carbonyl (C=O) groups is 2. The third kappa shape index (κ3) is 3.63. The molecule has 0 aliphatic heterocycles. The van der Waals surface area contributed by atoms with Gasteiger partial charge in [0.25, 0.3) is 0 Å². The molecule has 2 aromatic carbocycles. The molecule has 2 N–H and O–H groups in total. The zero-order valence-corrected chi connectivity index (χ0v) is 12.5. The Morgan fingerprint density at radius 1 is 1.09 bits per heavy atom. The van der Waals surface area contributed by atoms with Crippen molar-refractivity contribution in [1.82, 2.24) is 0 Å². The number of amides is 2. The summed E-state index contributed by atoms with van der Waals surface area (Å²) < 4.78 is 0. The first-order valence-electron chi connectivity index (χ1n) is 6.94. The zero-order chi connectivity index (χ0) is 16.1. The Balaban J connectivity index is 2.29. The maximum Gasteiger partial charge on any atom is 0.327 e. The lowest BCUT2D eigenvalue weighted by Crippen LogP contribution is -2.45. The van der Waals surface area contributed by atoms with Crippen LogP contribution in [0.1, 0.15) is 12.5 Å². The van der Waals surface area contributed by atoms with E-state index in [0.29, 0.717) is 11.4 Å². The molecule has 0 saturated heterocycles. The fraction of sp³-hybridized carbons (Fsp3) is 0.176. The molecule has 0 spiro atoms. The van der Waals surface area contributed by atoms with Crippen LogP contribution in [0.5, 0.6) is 0 Å². The molecule has 1 atom stereocenters. The molecule has 5 nitrogen and oxygen atoms in total. The number of anilines is 2. The number of hydrogen-bond acceptors (Lipinski definition) is 2. The van der Waals surface area contributed by atoms with Crippen molar-refractivity contribution in [3.63, 3.8) is 0 Å². The first-order chi connectivity index (χ1) is 10.5. The molecule has 2 amide bonds. The molecular formula is C17H18N2O3. The van der Waals surface area contributed by atoms with Crippen LogP contribution < -0.4 is 10.2 Å².